The SMILES string of the molecule is O=C(Nc1cnn(Cc2ccc(Br)cc2)c1)c1ccn(COc2ccccc2Cl)n1. The van der Waals surface area contributed by atoms with Crippen molar-refractivity contribution in [2.75, 3.05) is 5.32 Å². The van der Waals surface area contributed by atoms with E-state index in [0.717, 1.165) is 10.0 Å². The lowest BCUT2D eigenvalue weighted by Gasteiger charge is -2.07. The molecule has 0 aliphatic rings. The fourth-order valence-corrected chi connectivity index (χ4v) is 3.19. The third kappa shape index (κ3) is 5.08. The second-order valence-electron chi connectivity index (χ2n) is 6.45. The highest BCUT2D eigenvalue weighted by molar-refractivity contribution is 9.10. The van der Waals surface area contributed by atoms with Crippen LogP contribution in [0.25, 0.3) is 0 Å². The van der Waals surface area contributed by atoms with Gasteiger partial charge < -0.3 is 10.1 Å². The lowest BCUT2D eigenvalue weighted by Crippen LogP contribution is -2.14. The molecule has 0 radical (unpaired) electrons. The molecule has 30 heavy (non-hydrogen) atoms. The van der Waals surface area contributed by atoms with Gasteiger partial charge in [0.15, 0.2) is 12.4 Å². The zero-order valence-corrected chi connectivity index (χ0v) is 18.0. The number of anilines is 1. The third-order valence-electron chi connectivity index (χ3n) is 4.21. The van der Waals surface area contributed by atoms with Crippen molar-refractivity contribution < 1.29 is 9.53 Å². The van der Waals surface area contributed by atoms with Crippen molar-refractivity contribution in [3.63, 3.8) is 0 Å². The summed E-state index contributed by atoms with van der Waals surface area (Å²) in [5.74, 6) is 0.230. The molecule has 0 fully saturated rings. The molecule has 4 aromatic rings. The molecule has 7 nitrogen and oxygen atoms in total. The monoisotopic (exact) mass is 485 g/mol. The molecule has 9 heteroatoms. The first-order valence-electron chi connectivity index (χ1n) is 9.06. The molecule has 0 bridgehead atoms. The molecule has 4 rings (SSSR count). The second kappa shape index (κ2) is 9.15. The van der Waals surface area contributed by atoms with Gasteiger partial charge in [-0.05, 0) is 35.9 Å². The number of aromatic nitrogens is 4. The van der Waals surface area contributed by atoms with Gasteiger partial charge in [-0.25, -0.2) is 4.68 Å². The van der Waals surface area contributed by atoms with Crippen LogP contribution in [0.5, 0.6) is 5.75 Å². The Bertz CT molecular complexity index is 1160. The van der Waals surface area contributed by atoms with Crippen molar-refractivity contribution in [1.29, 1.82) is 0 Å². The van der Waals surface area contributed by atoms with Gasteiger partial charge in [0.2, 0.25) is 0 Å². The van der Waals surface area contributed by atoms with Crippen LogP contribution in [-0.4, -0.2) is 25.5 Å². The Hall–Kier alpha value is -3.10. The van der Waals surface area contributed by atoms with Gasteiger partial charge in [-0.1, -0.05) is 51.8 Å². The second-order valence-corrected chi connectivity index (χ2v) is 7.77. The Morgan fingerprint density at radius 2 is 1.90 bits per heavy atom. The maximum Gasteiger partial charge on any atom is 0.276 e. The summed E-state index contributed by atoms with van der Waals surface area (Å²) in [7, 11) is 0. The first kappa shape index (κ1) is 20.2. The lowest BCUT2D eigenvalue weighted by molar-refractivity contribution is 0.102. The summed E-state index contributed by atoms with van der Waals surface area (Å²) in [5.41, 5.74) is 1.98. The van der Waals surface area contributed by atoms with E-state index >= 15 is 0 Å². The van der Waals surface area contributed by atoms with Gasteiger partial charge in [0.05, 0.1) is 23.5 Å². The summed E-state index contributed by atoms with van der Waals surface area (Å²) >= 11 is 9.49. The molecular weight excluding hydrogens is 470 g/mol. The van der Waals surface area contributed by atoms with E-state index in [-0.39, 0.29) is 18.3 Å². The molecule has 152 valence electrons. The van der Waals surface area contributed by atoms with Crippen LogP contribution in [-0.2, 0) is 13.3 Å². The molecule has 2 aromatic heterocycles. The van der Waals surface area contributed by atoms with E-state index in [1.807, 2.05) is 36.4 Å². The van der Waals surface area contributed by atoms with Crippen molar-refractivity contribution in [1.82, 2.24) is 19.6 Å². The van der Waals surface area contributed by atoms with Crippen LogP contribution in [0.4, 0.5) is 5.69 Å². The molecule has 0 atom stereocenters. The molecule has 0 spiro atoms. The van der Waals surface area contributed by atoms with Crippen LogP contribution >= 0.6 is 27.5 Å². The van der Waals surface area contributed by atoms with Crippen molar-refractivity contribution in [3.05, 3.63) is 93.9 Å². The van der Waals surface area contributed by atoms with Crippen molar-refractivity contribution in [2.45, 2.75) is 13.3 Å². The van der Waals surface area contributed by atoms with Crippen LogP contribution in [0.3, 0.4) is 0 Å². The molecule has 0 saturated carbocycles. The van der Waals surface area contributed by atoms with E-state index < -0.39 is 0 Å². The maximum absolute atomic E-state index is 12.5. The number of amides is 1. The zero-order chi connectivity index (χ0) is 20.9. The van der Waals surface area contributed by atoms with Gasteiger partial charge in [0, 0.05) is 16.9 Å². The smallest absolute Gasteiger partial charge is 0.276 e. The van der Waals surface area contributed by atoms with Crippen molar-refractivity contribution >= 4 is 39.1 Å². The van der Waals surface area contributed by atoms with Gasteiger partial charge in [-0.2, -0.15) is 10.2 Å². The molecule has 0 aliphatic heterocycles. The molecule has 0 unspecified atom stereocenters. The molecule has 0 aliphatic carbocycles. The first-order chi connectivity index (χ1) is 14.6. The Morgan fingerprint density at radius 3 is 2.70 bits per heavy atom. The number of hydrogen-bond donors (Lipinski definition) is 1. The number of rotatable bonds is 7. The largest absolute Gasteiger partial charge is 0.470 e. The molecule has 2 heterocycles. The van der Waals surface area contributed by atoms with Crippen LogP contribution in [0.1, 0.15) is 16.1 Å². The highest BCUT2D eigenvalue weighted by Crippen LogP contribution is 2.23. The van der Waals surface area contributed by atoms with Crippen molar-refractivity contribution in [3.8, 4) is 5.75 Å². The number of hydrogen-bond acceptors (Lipinski definition) is 4. The topological polar surface area (TPSA) is 74.0 Å². The van der Waals surface area contributed by atoms with E-state index in [1.54, 1.807) is 41.5 Å². The Balaban J connectivity index is 1.34. The minimum Gasteiger partial charge on any atom is -0.470 e. The molecular formula is C21H17BrClN5O2. The number of carbonyl (C=O) groups is 1. The van der Waals surface area contributed by atoms with Gasteiger partial charge in [-0.3, -0.25) is 9.48 Å². The standard InChI is InChI=1S/C21H17BrClN5O2/c22-16-7-5-15(6-8-16)12-28-13-17(11-24-28)25-21(29)19-9-10-27(26-19)14-30-20-4-2-1-3-18(20)23/h1-11,13H,12,14H2,(H,25,29). The Kier molecular flexibility index (Phi) is 6.15. The van der Waals surface area contributed by atoms with E-state index in [2.05, 4.69) is 31.4 Å². The lowest BCUT2D eigenvalue weighted by atomic mass is 10.2. The first-order valence-corrected chi connectivity index (χ1v) is 10.2. The minimum atomic E-state index is -0.324. The number of benzene rings is 2. The summed E-state index contributed by atoms with van der Waals surface area (Å²) < 4.78 is 9.93. The van der Waals surface area contributed by atoms with Crippen molar-refractivity contribution in [2.24, 2.45) is 0 Å². The summed E-state index contributed by atoms with van der Waals surface area (Å²) in [6.45, 7) is 0.749. The average Bonchev–Trinajstić information content (AvgIpc) is 3.39. The molecule has 1 N–H and O–H groups in total. The quantitative estimate of drug-likeness (QED) is 0.406. The number of ether oxygens (including phenoxy) is 1. The zero-order valence-electron chi connectivity index (χ0n) is 15.7. The van der Waals surface area contributed by atoms with E-state index in [1.165, 1.54) is 4.68 Å². The third-order valence-corrected chi connectivity index (χ3v) is 5.05. The van der Waals surface area contributed by atoms with Gasteiger partial charge in [0.25, 0.3) is 5.91 Å². The fourth-order valence-electron chi connectivity index (χ4n) is 2.74. The normalized spacial score (nSPS) is 10.7. The van der Waals surface area contributed by atoms with Gasteiger partial charge in [-0.15, -0.1) is 0 Å². The van der Waals surface area contributed by atoms with Gasteiger partial charge in [0.1, 0.15) is 5.75 Å². The summed E-state index contributed by atoms with van der Waals surface area (Å²) in [4.78, 5) is 12.5. The highest BCUT2D eigenvalue weighted by Gasteiger charge is 2.12. The number of carbonyl (C=O) groups excluding carboxylic acids is 1. The minimum absolute atomic E-state index is 0.141. The fraction of sp³-hybridized carbons (Fsp3) is 0.0952. The van der Waals surface area contributed by atoms with Crippen LogP contribution < -0.4 is 10.1 Å². The summed E-state index contributed by atoms with van der Waals surface area (Å²) in [6.07, 6.45) is 5.05. The number of nitrogens with zero attached hydrogens (tertiary/aromatic N) is 4. The van der Waals surface area contributed by atoms with E-state index in [0.29, 0.717) is 23.0 Å². The number of halogens is 2. The summed E-state index contributed by atoms with van der Waals surface area (Å²) in [5, 5.41) is 11.8. The van der Waals surface area contributed by atoms with Gasteiger partial charge >= 0.3 is 0 Å². The number of para-hydroxylation sites is 1. The van der Waals surface area contributed by atoms with Crippen LogP contribution in [0.2, 0.25) is 5.02 Å². The van der Waals surface area contributed by atoms with E-state index in [4.69, 9.17) is 16.3 Å². The summed E-state index contributed by atoms with van der Waals surface area (Å²) in [6, 6.07) is 16.8. The number of nitrogens with one attached hydrogen (secondary N) is 1. The molecule has 2 aromatic carbocycles. The van der Waals surface area contributed by atoms with Crippen LogP contribution in [0.15, 0.2) is 77.7 Å². The highest BCUT2D eigenvalue weighted by atomic mass is 79.9. The predicted octanol–water partition coefficient (Wildman–Crippen LogP) is 4.83. The van der Waals surface area contributed by atoms with Crippen LogP contribution in [0, 0.1) is 0 Å². The molecule has 1 amide bonds. The van der Waals surface area contributed by atoms with E-state index in [9.17, 15) is 4.79 Å². The predicted molar refractivity (Wildman–Crippen MR) is 118 cm³/mol. The Labute approximate surface area is 186 Å². The molecule has 0 saturated heterocycles. The average molecular weight is 487 g/mol. The Morgan fingerprint density at radius 1 is 1.10 bits per heavy atom. The maximum atomic E-state index is 12.5.